The molecule has 110 valence electrons. The Labute approximate surface area is 114 Å². The molecule has 0 bridgehead atoms. The van der Waals surface area contributed by atoms with Gasteiger partial charge in [0.2, 0.25) is 0 Å². The summed E-state index contributed by atoms with van der Waals surface area (Å²) in [5, 5.41) is 8.73. The summed E-state index contributed by atoms with van der Waals surface area (Å²) >= 11 is 0. The second kappa shape index (κ2) is 6.20. The topological polar surface area (TPSA) is 59.0 Å². The van der Waals surface area contributed by atoms with E-state index in [2.05, 4.69) is 11.8 Å². The number of piperidine rings is 1. The highest BCUT2D eigenvalue weighted by molar-refractivity contribution is 5.66. The number of likely N-dealkylation sites (tertiary alicyclic amines) is 1. The van der Waals surface area contributed by atoms with Gasteiger partial charge in [-0.3, -0.25) is 9.69 Å². The largest absolute Gasteiger partial charge is 0.481 e. The first-order valence-corrected chi connectivity index (χ1v) is 7.33. The molecule has 2 heterocycles. The molecule has 0 spiro atoms. The van der Waals surface area contributed by atoms with E-state index in [0.29, 0.717) is 19.1 Å². The highest BCUT2D eigenvalue weighted by atomic mass is 16.7. The molecule has 1 N–H and O–H groups in total. The van der Waals surface area contributed by atoms with Crippen molar-refractivity contribution in [3.05, 3.63) is 0 Å². The zero-order valence-corrected chi connectivity index (χ0v) is 11.9. The Morgan fingerprint density at radius 3 is 2.95 bits per heavy atom. The van der Waals surface area contributed by atoms with Crippen molar-refractivity contribution < 1.29 is 19.4 Å². The summed E-state index contributed by atoms with van der Waals surface area (Å²) in [4.78, 5) is 13.0. The lowest BCUT2D eigenvalue weighted by molar-refractivity contribution is -0.204. The Hall–Kier alpha value is -0.650. The fraction of sp³-hybridized carbons (Fsp3) is 0.929. The van der Waals surface area contributed by atoms with Gasteiger partial charge < -0.3 is 14.6 Å². The minimum absolute atomic E-state index is 0.0817. The van der Waals surface area contributed by atoms with Gasteiger partial charge in [0.25, 0.3) is 0 Å². The standard InChI is InChI=1S/C14H25NO4/c1-3-15-9-5-4-6-12(15)14(2)18-10-11(19-14)7-8-13(16)17/h11-12H,3-10H2,1-2H3,(H,16,17). The third kappa shape index (κ3) is 3.46. The van der Waals surface area contributed by atoms with E-state index in [4.69, 9.17) is 14.6 Å². The Bertz CT molecular complexity index is 323. The normalized spacial score (nSPS) is 36.5. The van der Waals surface area contributed by atoms with Crippen LogP contribution in [0.4, 0.5) is 0 Å². The van der Waals surface area contributed by atoms with E-state index in [9.17, 15) is 4.79 Å². The second-order valence-corrected chi connectivity index (χ2v) is 5.64. The van der Waals surface area contributed by atoms with Crippen LogP contribution in [0.25, 0.3) is 0 Å². The molecule has 0 amide bonds. The van der Waals surface area contributed by atoms with E-state index in [0.717, 1.165) is 19.5 Å². The van der Waals surface area contributed by atoms with Crippen LogP contribution in [0.3, 0.4) is 0 Å². The predicted molar refractivity (Wildman–Crippen MR) is 71.0 cm³/mol. The molecule has 0 radical (unpaired) electrons. The number of rotatable bonds is 5. The van der Waals surface area contributed by atoms with Crippen LogP contribution >= 0.6 is 0 Å². The number of nitrogens with zero attached hydrogens (tertiary/aromatic N) is 1. The van der Waals surface area contributed by atoms with E-state index in [-0.39, 0.29) is 12.5 Å². The van der Waals surface area contributed by atoms with E-state index in [1.165, 1.54) is 12.8 Å². The highest BCUT2D eigenvalue weighted by Crippen LogP contribution is 2.35. The van der Waals surface area contributed by atoms with Crippen molar-refractivity contribution in [1.29, 1.82) is 0 Å². The molecule has 5 nitrogen and oxygen atoms in total. The maximum Gasteiger partial charge on any atom is 0.303 e. The zero-order valence-electron chi connectivity index (χ0n) is 11.9. The molecule has 0 saturated carbocycles. The lowest BCUT2D eigenvalue weighted by Gasteiger charge is -2.43. The molecular formula is C14H25NO4. The minimum atomic E-state index is -0.773. The quantitative estimate of drug-likeness (QED) is 0.827. The zero-order chi connectivity index (χ0) is 13.9. The highest BCUT2D eigenvalue weighted by Gasteiger charge is 2.46. The molecule has 2 aliphatic rings. The predicted octanol–water partition coefficient (Wildman–Crippen LogP) is 1.86. The van der Waals surface area contributed by atoms with Crippen LogP contribution in [-0.4, -0.2) is 53.6 Å². The summed E-state index contributed by atoms with van der Waals surface area (Å²) in [6, 6.07) is 0.293. The second-order valence-electron chi connectivity index (χ2n) is 5.64. The average Bonchev–Trinajstić information content (AvgIpc) is 2.79. The molecule has 19 heavy (non-hydrogen) atoms. The van der Waals surface area contributed by atoms with Gasteiger partial charge in [0.05, 0.1) is 18.8 Å². The molecule has 2 saturated heterocycles. The van der Waals surface area contributed by atoms with Crippen LogP contribution < -0.4 is 0 Å². The third-order valence-electron chi connectivity index (χ3n) is 4.26. The molecule has 0 aliphatic carbocycles. The van der Waals surface area contributed by atoms with Gasteiger partial charge in [-0.25, -0.2) is 0 Å². The van der Waals surface area contributed by atoms with Crippen molar-refractivity contribution in [2.75, 3.05) is 19.7 Å². The van der Waals surface area contributed by atoms with E-state index >= 15 is 0 Å². The van der Waals surface area contributed by atoms with Crippen LogP contribution in [0.2, 0.25) is 0 Å². The number of carbonyl (C=O) groups is 1. The number of ether oxygens (including phenoxy) is 2. The fourth-order valence-corrected chi connectivity index (χ4v) is 3.22. The summed E-state index contributed by atoms with van der Waals surface area (Å²) < 4.78 is 11.9. The first-order chi connectivity index (χ1) is 9.05. The molecule has 3 atom stereocenters. The number of aliphatic carboxylic acids is 1. The van der Waals surface area contributed by atoms with E-state index in [1.54, 1.807) is 0 Å². The number of hydrogen-bond donors (Lipinski definition) is 1. The molecule has 3 unspecified atom stereocenters. The minimum Gasteiger partial charge on any atom is -0.481 e. The van der Waals surface area contributed by atoms with Gasteiger partial charge in [0.15, 0.2) is 5.79 Å². The van der Waals surface area contributed by atoms with Crippen LogP contribution in [0.1, 0.15) is 46.0 Å². The number of likely N-dealkylation sites (N-methyl/N-ethyl adjacent to an activating group) is 1. The summed E-state index contributed by atoms with van der Waals surface area (Å²) in [5.41, 5.74) is 0. The SMILES string of the molecule is CCN1CCCCC1C1(C)OCC(CCC(=O)O)O1. The van der Waals surface area contributed by atoms with Crippen molar-refractivity contribution in [1.82, 2.24) is 4.90 Å². The fourth-order valence-electron chi connectivity index (χ4n) is 3.22. The van der Waals surface area contributed by atoms with E-state index in [1.807, 2.05) is 6.92 Å². The Morgan fingerprint density at radius 1 is 1.47 bits per heavy atom. The van der Waals surface area contributed by atoms with Crippen LogP contribution in [0.5, 0.6) is 0 Å². The first kappa shape index (κ1) is 14.8. The van der Waals surface area contributed by atoms with Gasteiger partial charge in [-0.05, 0) is 39.3 Å². The van der Waals surface area contributed by atoms with Gasteiger partial charge in [0, 0.05) is 6.42 Å². The lowest BCUT2D eigenvalue weighted by Crippen LogP contribution is -2.54. The maximum absolute atomic E-state index is 10.6. The van der Waals surface area contributed by atoms with Crippen molar-refractivity contribution in [3.63, 3.8) is 0 Å². The van der Waals surface area contributed by atoms with Crippen molar-refractivity contribution in [2.45, 2.75) is 63.9 Å². The number of hydrogen-bond acceptors (Lipinski definition) is 4. The van der Waals surface area contributed by atoms with Crippen LogP contribution in [0, 0.1) is 0 Å². The van der Waals surface area contributed by atoms with Crippen LogP contribution in [-0.2, 0) is 14.3 Å². The van der Waals surface area contributed by atoms with Gasteiger partial charge >= 0.3 is 5.97 Å². The molecule has 2 rings (SSSR count). The maximum atomic E-state index is 10.6. The Kier molecular flexibility index (Phi) is 4.81. The van der Waals surface area contributed by atoms with Crippen molar-refractivity contribution in [2.24, 2.45) is 0 Å². The molecule has 2 fully saturated rings. The molecule has 2 aliphatic heterocycles. The Morgan fingerprint density at radius 2 is 2.26 bits per heavy atom. The monoisotopic (exact) mass is 271 g/mol. The molecule has 0 aromatic rings. The number of carboxylic acids is 1. The van der Waals surface area contributed by atoms with Crippen molar-refractivity contribution in [3.8, 4) is 0 Å². The van der Waals surface area contributed by atoms with Crippen LogP contribution in [0.15, 0.2) is 0 Å². The third-order valence-corrected chi connectivity index (χ3v) is 4.26. The summed E-state index contributed by atoms with van der Waals surface area (Å²) in [6.07, 6.45) is 4.14. The molecule has 0 aromatic heterocycles. The molecular weight excluding hydrogens is 246 g/mol. The first-order valence-electron chi connectivity index (χ1n) is 7.33. The van der Waals surface area contributed by atoms with Gasteiger partial charge in [-0.2, -0.15) is 0 Å². The van der Waals surface area contributed by atoms with Gasteiger partial charge in [-0.1, -0.05) is 13.3 Å². The van der Waals surface area contributed by atoms with Gasteiger partial charge in [-0.15, -0.1) is 0 Å². The summed E-state index contributed by atoms with van der Waals surface area (Å²) in [6.45, 7) is 6.79. The summed E-state index contributed by atoms with van der Waals surface area (Å²) in [5.74, 6) is -1.34. The number of carboxylic acid groups (broad SMARTS) is 1. The van der Waals surface area contributed by atoms with E-state index < -0.39 is 11.8 Å². The van der Waals surface area contributed by atoms with Gasteiger partial charge in [0.1, 0.15) is 0 Å². The smallest absolute Gasteiger partial charge is 0.303 e. The molecule has 0 aromatic carbocycles. The van der Waals surface area contributed by atoms with Crippen molar-refractivity contribution >= 4 is 5.97 Å². The Balaban J connectivity index is 1.93. The average molecular weight is 271 g/mol. The molecule has 5 heteroatoms. The summed E-state index contributed by atoms with van der Waals surface area (Å²) in [7, 11) is 0. The lowest BCUT2D eigenvalue weighted by atomic mass is 9.95.